The molecule has 12 aromatic rings. The van der Waals surface area contributed by atoms with Gasteiger partial charge in [0.15, 0.2) is 23.1 Å². The number of furan rings is 1. The summed E-state index contributed by atoms with van der Waals surface area (Å²) in [5, 5.41) is 6.95. The van der Waals surface area contributed by atoms with Gasteiger partial charge in [0.1, 0.15) is 5.58 Å². The Labute approximate surface area is 326 Å². The van der Waals surface area contributed by atoms with Gasteiger partial charge in [-0.05, 0) is 66.7 Å². The normalized spacial score (nSPS) is 11.9. The number of hydrogen-bond donors (Lipinski definition) is 0. The van der Waals surface area contributed by atoms with Crippen molar-refractivity contribution in [3.63, 3.8) is 0 Å². The monoisotopic (exact) mass is 729 g/mol. The minimum atomic E-state index is 0.617. The second-order valence-electron chi connectivity index (χ2n) is 14.4. The number of rotatable bonds is 5. The summed E-state index contributed by atoms with van der Waals surface area (Å²) in [6, 6.07) is 65.4. The van der Waals surface area contributed by atoms with Crippen molar-refractivity contribution in [2.24, 2.45) is 0 Å². The topological polar surface area (TPSA) is 61.7 Å². The van der Waals surface area contributed by atoms with Gasteiger partial charge in [-0.25, -0.2) is 15.0 Å². The van der Waals surface area contributed by atoms with E-state index in [-0.39, 0.29) is 0 Å². The zero-order valence-corrected chi connectivity index (χ0v) is 30.5. The van der Waals surface area contributed by atoms with Gasteiger partial charge in [-0.15, -0.1) is 0 Å². The van der Waals surface area contributed by atoms with Gasteiger partial charge in [0.25, 0.3) is 0 Å². The molecule has 6 heteroatoms. The third-order valence-corrected chi connectivity index (χ3v) is 11.2. The molecule has 266 valence electrons. The lowest BCUT2D eigenvalue weighted by Crippen LogP contribution is -2.00. The lowest BCUT2D eigenvalue weighted by Gasteiger charge is -2.11. The molecule has 0 aliphatic rings. The average Bonchev–Trinajstić information content (AvgIpc) is 3.95. The van der Waals surface area contributed by atoms with E-state index >= 15 is 0 Å². The molecule has 4 aromatic heterocycles. The van der Waals surface area contributed by atoms with Crippen molar-refractivity contribution < 1.29 is 4.42 Å². The lowest BCUT2D eigenvalue weighted by atomic mass is 10.0. The second kappa shape index (κ2) is 12.3. The molecule has 57 heavy (non-hydrogen) atoms. The standard InChI is InChI=1S/C51H31N5O/c1-4-14-32(15-5-1)49-52-50(33-16-6-2-7-17-33)54-51(53-49)34-24-26-36(27-25-34)56-43-31-30-42-45(39-21-10-12-22-41(39)55(42)35-18-8-3-9-19-35)46(43)40-29-28-38-37-20-11-13-23-44(37)57-48(38)47(40)56/h1-31H. The van der Waals surface area contributed by atoms with Crippen LogP contribution >= 0.6 is 0 Å². The van der Waals surface area contributed by atoms with Crippen molar-refractivity contribution in [1.82, 2.24) is 24.1 Å². The highest BCUT2D eigenvalue weighted by molar-refractivity contribution is 6.32. The van der Waals surface area contributed by atoms with Gasteiger partial charge in [0, 0.05) is 60.4 Å². The lowest BCUT2D eigenvalue weighted by molar-refractivity contribution is 0.671. The van der Waals surface area contributed by atoms with Gasteiger partial charge in [0.2, 0.25) is 0 Å². The van der Waals surface area contributed by atoms with Crippen LogP contribution in [-0.2, 0) is 0 Å². The van der Waals surface area contributed by atoms with Crippen LogP contribution in [0.4, 0.5) is 0 Å². The average molecular weight is 730 g/mol. The van der Waals surface area contributed by atoms with Gasteiger partial charge in [-0.3, -0.25) is 0 Å². The summed E-state index contributed by atoms with van der Waals surface area (Å²) in [6.07, 6.45) is 0. The molecule has 0 bridgehead atoms. The molecular formula is C51H31N5O. The van der Waals surface area contributed by atoms with Gasteiger partial charge in [0.05, 0.1) is 22.1 Å². The Hall–Kier alpha value is -7.83. The fraction of sp³-hybridized carbons (Fsp3) is 0. The van der Waals surface area contributed by atoms with Gasteiger partial charge in [-0.1, -0.05) is 121 Å². The molecule has 0 saturated heterocycles. The predicted octanol–water partition coefficient (Wildman–Crippen LogP) is 13.0. The molecule has 0 aliphatic carbocycles. The van der Waals surface area contributed by atoms with Crippen LogP contribution in [0.1, 0.15) is 0 Å². The molecule has 0 unspecified atom stereocenters. The largest absolute Gasteiger partial charge is 0.454 e. The summed E-state index contributed by atoms with van der Waals surface area (Å²) in [5.41, 5.74) is 11.1. The highest BCUT2D eigenvalue weighted by Crippen LogP contribution is 2.45. The van der Waals surface area contributed by atoms with Crippen LogP contribution in [0, 0.1) is 0 Å². The third-order valence-electron chi connectivity index (χ3n) is 11.2. The van der Waals surface area contributed by atoms with Crippen molar-refractivity contribution >= 4 is 65.6 Å². The Morgan fingerprint density at radius 3 is 1.49 bits per heavy atom. The smallest absolute Gasteiger partial charge is 0.164 e. The number of fused-ring (bicyclic) bond motifs is 11. The molecular weight excluding hydrogens is 699 g/mol. The van der Waals surface area contributed by atoms with Crippen molar-refractivity contribution in [2.75, 3.05) is 0 Å². The first-order valence-electron chi connectivity index (χ1n) is 19.1. The molecule has 0 aliphatic heterocycles. The molecule has 0 atom stereocenters. The third kappa shape index (κ3) is 4.81. The number of aromatic nitrogens is 5. The maximum absolute atomic E-state index is 6.78. The zero-order valence-electron chi connectivity index (χ0n) is 30.5. The van der Waals surface area contributed by atoms with E-state index in [1.54, 1.807) is 0 Å². The predicted molar refractivity (Wildman–Crippen MR) is 232 cm³/mol. The van der Waals surface area contributed by atoms with E-state index in [1.807, 2.05) is 66.7 Å². The Morgan fingerprint density at radius 2 is 0.825 bits per heavy atom. The first-order valence-corrected chi connectivity index (χ1v) is 19.1. The Kier molecular flexibility index (Phi) is 6.83. The first kappa shape index (κ1) is 31.5. The molecule has 8 aromatic carbocycles. The van der Waals surface area contributed by atoms with Crippen LogP contribution in [0.25, 0.3) is 111 Å². The van der Waals surface area contributed by atoms with E-state index < -0.39 is 0 Å². The van der Waals surface area contributed by atoms with Gasteiger partial charge in [-0.2, -0.15) is 0 Å². The molecule has 0 amide bonds. The Morgan fingerprint density at radius 1 is 0.333 bits per heavy atom. The van der Waals surface area contributed by atoms with Crippen LogP contribution < -0.4 is 0 Å². The Bertz CT molecular complexity index is 3430. The van der Waals surface area contributed by atoms with E-state index in [1.165, 1.54) is 21.7 Å². The SMILES string of the molecule is c1ccc(-c2nc(-c3ccccc3)nc(-c3ccc(-n4c5ccc6c(c7ccccc7n6-c6ccccc6)c5c5ccc6c7ccccc7oc6c54)cc3)n2)cc1. The zero-order chi connectivity index (χ0) is 37.5. The molecule has 0 spiro atoms. The van der Waals surface area contributed by atoms with Crippen molar-refractivity contribution in [3.05, 3.63) is 188 Å². The summed E-state index contributed by atoms with van der Waals surface area (Å²) < 4.78 is 11.5. The fourth-order valence-electron chi connectivity index (χ4n) is 8.65. The highest BCUT2D eigenvalue weighted by Gasteiger charge is 2.24. The van der Waals surface area contributed by atoms with Crippen LogP contribution in [0.5, 0.6) is 0 Å². The van der Waals surface area contributed by atoms with Crippen LogP contribution in [0.15, 0.2) is 192 Å². The molecule has 0 N–H and O–H groups in total. The van der Waals surface area contributed by atoms with E-state index in [2.05, 4.69) is 130 Å². The molecule has 0 saturated carbocycles. The van der Waals surface area contributed by atoms with Gasteiger partial charge >= 0.3 is 0 Å². The molecule has 4 heterocycles. The summed E-state index contributed by atoms with van der Waals surface area (Å²) in [5.74, 6) is 1.89. The van der Waals surface area contributed by atoms with Crippen LogP contribution in [-0.4, -0.2) is 24.1 Å². The summed E-state index contributed by atoms with van der Waals surface area (Å²) in [6.45, 7) is 0. The van der Waals surface area contributed by atoms with E-state index in [4.69, 9.17) is 19.4 Å². The fourth-order valence-corrected chi connectivity index (χ4v) is 8.65. The number of hydrogen-bond acceptors (Lipinski definition) is 4. The maximum Gasteiger partial charge on any atom is 0.164 e. The van der Waals surface area contributed by atoms with Crippen molar-refractivity contribution in [2.45, 2.75) is 0 Å². The molecule has 0 radical (unpaired) electrons. The van der Waals surface area contributed by atoms with Gasteiger partial charge < -0.3 is 13.6 Å². The second-order valence-corrected chi connectivity index (χ2v) is 14.4. The quantitative estimate of drug-likeness (QED) is 0.177. The summed E-state index contributed by atoms with van der Waals surface area (Å²) in [4.78, 5) is 14.9. The minimum absolute atomic E-state index is 0.617. The van der Waals surface area contributed by atoms with E-state index in [9.17, 15) is 0 Å². The number of benzene rings is 8. The van der Waals surface area contributed by atoms with E-state index in [0.29, 0.717) is 17.5 Å². The Balaban J connectivity index is 1.12. The first-order chi connectivity index (χ1) is 28.3. The number of para-hydroxylation sites is 3. The molecule has 12 rings (SSSR count). The highest BCUT2D eigenvalue weighted by atomic mass is 16.3. The van der Waals surface area contributed by atoms with Crippen LogP contribution in [0.3, 0.4) is 0 Å². The summed E-state index contributed by atoms with van der Waals surface area (Å²) in [7, 11) is 0. The van der Waals surface area contributed by atoms with E-state index in [0.717, 1.165) is 71.9 Å². The van der Waals surface area contributed by atoms with Crippen molar-refractivity contribution in [1.29, 1.82) is 0 Å². The number of nitrogens with zero attached hydrogens (tertiary/aromatic N) is 5. The molecule has 6 nitrogen and oxygen atoms in total. The maximum atomic E-state index is 6.78. The summed E-state index contributed by atoms with van der Waals surface area (Å²) >= 11 is 0. The molecule has 0 fully saturated rings. The van der Waals surface area contributed by atoms with Crippen LogP contribution in [0.2, 0.25) is 0 Å². The minimum Gasteiger partial charge on any atom is -0.454 e. The van der Waals surface area contributed by atoms with Crippen molar-refractivity contribution in [3.8, 4) is 45.5 Å².